The molecule has 1 rings (SSSR count). The van der Waals surface area contributed by atoms with E-state index in [1.807, 2.05) is 6.92 Å². The third-order valence-electron chi connectivity index (χ3n) is 2.35. The predicted octanol–water partition coefficient (Wildman–Crippen LogP) is -0.266. The first kappa shape index (κ1) is 9.35. The van der Waals surface area contributed by atoms with Crippen LogP contribution in [-0.4, -0.2) is 24.1 Å². The van der Waals surface area contributed by atoms with Crippen molar-refractivity contribution in [2.45, 2.75) is 25.8 Å². The summed E-state index contributed by atoms with van der Waals surface area (Å²) in [6.07, 6.45) is 3.76. The van der Waals surface area contributed by atoms with E-state index in [0.717, 1.165) is 31.6 Å². The second kappa shape index (κ2) is 4.33. The van der Waals surface area contributed by atoms with E-state index < -0.39 is 0 Å². The first-order chi connectivity index (χ1) is 5.75. The highest BCUT2D eigenvalue weighted by atomic mass is 15.4. The van der Waals surface area contributed by atoms with Crippen molar-refractivity contribution in [3.05, 3.63) is 11.9 Å². The second-order valence-electron chi connectivity index (χ2n) is 3.20. The number of nitrogens with two attached hydrogens (primary N) is 2. The number of hydrogen-bond donors (Lipinski definition) is 3. The van der Waals surface area contributed by atoms with Crippen LogP contribution >= 0.6 is 0 Å². The van der Waals surface area contributed by atoms with Gasteiger partial charge in [-0.2, -0.15) is 0 Å². The lowest BCUT2D eigenvalue weighted by Crippen LogP contribution is -2.45. The van der Waals surface area contributed by atoms with E-state index in [0.29, 0.717) is 6.04 Å². The molecule has 0 aromatic carbocycles. The normalized spacial score (nSPS) is 21.0. The molecule has 4 nitrogen and oxygen atoms in total. The molecule has 1 saturated heterocycles. The van der Waals surface area contributed by atoms with Crippen LogP contribution in [0.1, 0.15) is 19.8 Å². The summed E-state index contributed by atoms with van der Waals surface area (Å²) in [6.45, 7) is 4.04. The molecule has 0 atom stereocenters. The van der Waals surface area contributed by atoms with Crippen LogP contribution in [0.2, 0.25) is 0 Å². The van der Waals surface area contributed by atoms with E-state index in [9.17, 15) is 0 Å². The fourth-order valence-electron chi connectivity index (χ4n) is 1.46. The van der Waals surface area contributed by atoms with Gasteiger partial charge in [-0.05, 0) is 32.9 Å². The highest BCUT2D eigenvalue weighted by Gasteiger charge is 2.17. The Morgan fingerprint density at radius 1 is 1.50 bits per heavy atom. The minimum Gasteiger partial charge on any atom is -0.403 e. The molecule has 0 aliphatic carbocycles. The Kier molecular flexibility index (Phi) is 3.37. The number of rotatable bonds is 2. The van der Waals surface area contributed by atoms with Gasteiger partial charge in [0, 0.05) is 17.9 Å². The molecule has 70 valence electrons. The number of hydrazine groups is 1. The van der Waals surface area contributed by atoms with Crippen molar-refractivity contribution < 1.29 is 0 Å². The summed E-state index contributed by atoms with van der Waals surface area (Å²) < 4.78 is 0. The zero-order chi connectivity index (χ0) is 8.97. The van der Waals surface area contributed by atoms with E-state index in [-0.39, 0.29) is 0 Å². The number of allylic oxidation sites excluding steroid dienone is 1. The topological polar surface area (TPSA) is 67.3 Å². The Bertz CT molecular complexity index is 160. The molecule has 0 aromatic heterocycles. The molecular weight excluding hydrogens is 152 g/mol. The Morgan fingerprint density at radius 3 is 2.58 bits per heavy atom. The van der Waals surface area contributed by atoms with Gasteiger partial charge in [-0.25, -0.2) is 5.84 Å². The summed E-state index contributed by atoms with van der Waals surface area (Å²) in [5, 5.41) is 5.07. The summed E-state index contributed by atoms with van der Waals surface area (Å²) in [5.74, 6) is 5.86. The first-order valence-electron chi connectivity index (χ1n) is 4.39. The summed E-state index contributed by atoms with van der Waals surface area (Å²) in [6, 6.07) is 0.450. The molecule has 0 bridgehead atoms. The summed E-state index contributed by atoms with van der Waals surface area (Å²) >= 11 is 0. The van der Waals surface area contributed by atoms with E-state index in [1.54, 1.807) is 11.2 Å². The third-order valence-corrected chi connectivity index (χ3v) is 2.35. The van der Waals surface area contributed by atoms with Gasteiger partial charge in [0.05, 0.1) is 0 Å². The monoisotopic (exact) mass is 170 g/mol. The smallest absolute Gasteiger partial charge is 0.0473 e. The van der Waals surface area contributed by atoms with Crippen molar-refractivity contribution in [2.24, 2.45) is 11.6 Å². The van der Waals surface area contributed by atoms with Crippen LogP contribution in [0.25, 0.3) is 0 Å². The number of piperidine rings is 1. The SMILES string of the molecule is C/C(=C/N)N(N)C1CCNCC1. The minimum atomic E-state index is 0.450. The highest BCUT2D eigenvalue weighted by molar-refractivity contribution is 4.95. The highest BCUT2D eigenvalue weighted by Crippen LogP contribution is 2.11. The van der Waals surface area contributed by atoms with Crippen LogP contribution in [0, 0.1) is 0 Å². The molecule has 12 heavy (non-hydrogen) atoms. The van der Waals surface area contributed by atoms with Crippen molar-refractivity contribution in [1.82, 2.24) is 10.3 Å². The largest absolute Gasteiger partial charge is 0.403 e. The minimum absolute atomic E-state index is 0.450. The maximum atomic E-state index is 5.86. The van der Waals surface area contributed by atoms with Crippen LogP contribution < -0.4 is 16.9 Å². The van der Waals surface area contributed by atoms with Gasteiger partial charge in [-0.15, -0.1) is 0 Å². The van der Waals surface area contributed by atoms with Crippen LogP contribution in [0.5, 0.6) is 0 Å². The summed E-state index contributed by atoms with van der Waals surface area (Å²) in [4.78, 5) is 0. The van der Waals surface area contributed by atoms with Gasteiger partial charge in [0.15, 0.2) is 0 Å². The van der Waals surface area contributed by atoms with Gasteiger partial charge in [0.25, 0.3) is 0 Å². The van der Waals surface area contributed by atoms with Gasteiger partial charge in [0.1, 0.15) is 0 Å². The molecule has 1 fully saturated rings. The maximum Gasteiger partial charge on any atom is 0.0473 e. The lowest BCUT2D eigenvalue weighted by Gasteiger charge is -2.32. The van der Waals surface area contributed by atoms with Crippen molar-refractivity contribution >= 4 is 0 Å². The molecule has 0 saturated carbocycles. The molecule has 0 spiro atoms. The van der Waals surface area contributed by atoms with Gasteiger partial charge >= 0.3 is 0 Å². The number of nitrogens with one attached hydrogen (secondary N) is 1. The van der Waals surface area contributed by atoms with Crippen LogP contribution in [-0.2, 0) is 0 Å². The van der Waals surface area contributed by atoms with Crippen molar-refractivity contribution in [3.8, 4) is 0 Å². The third kappa shape index (κ3) is 2.12. The van der Waals surface area contributed by atoms with Crippen molar-refractivity contribution in [3.63, 3.8) is 0 Å². The Balaban J connectivity index is 2.44. The van der Waals surface area contributed by atoms with Gasteiger partial charge in [-0.1, -0.05) is 0 Å². The molecular formula is C8H18N4. The molecule has 1 heterocycles. The predicted molar refractivity (Wildman–Crippen MR) is 49.9 cm³/mol. The number of hydrogen-bond acceptors (Lipinski definition) is 4. The molecule has 5 N–H and O–H groups in total. The molecule has 0 aromatic rings. The Labute approximate surface area is 73.6 Å². The first-order valence-corrected chi connectivity index (χ1v) is 4.39. The molecule has 0 unspecified atom stereocenters. The van der Waals surface area contributed by atoms with E-state index >= 15 is 0 Å². The van der Waals surface area contributed by atoms with E-state index in [2.05, 4.69) is 5.32 Å². The zero-order valence-electron chi connectivity index (χ0n) is 7.59. The zero-order valence-corrected chi connectivity index (χ0v) is 7.59. The lowest BCUT2D eigenvalue weighted by atomic mass is 10.1. The Hall–Kier alpha value is -0.740. The van der Waals surface area contributed by atoms with Crippen molar-refractivity contribution in [2.75, 3.05) is 13.1 Å². The summed E-state index contributed by atoms with van der Waals surface area (Å²) in [7, 11) is 0. The van der Waals surface area contributed by atoms with Gasteiger partial charge < -0.3 is 16.1 Å². The lowest BCUT2D eigenvalue weighted by molar-refractivity contribution is 0.211. The standard InChI is InChI=1S/C8H18N4/c1-7(6-9)12(10)8-2-4-11-5-3-8/h6,8,11H,2-5,9-10H2,1H3/b7-6-. The molecule has 1 aliphatic heterocycles. The van der Waals surface area contributed by atoms with Crippen molar-refractivity contribution in [1.29, 1.82) is 0 Å². The van der Waals surface area contributed by atoms with E-state index in [4.69, 9.17) is 11.6 Å². The Morgan fingerprint density at radius 2 is 2.08 bits per heavy atom. The molecule has 4 heteroatoms. The van der Waals surface area contributed by atoms with Crippen LogP contribution in [0.15, 0.2) is 11.9 Å². The molecule has 1 aliphatic rings. The van der Waals surface area contributed by atoms with Gasteiger partial charge in [0.2, 0.25) is 0 Å². The maximum absolute atomic E-state index is 5.86. The quantitative estimate of drug-likeness (QED) is 0.394. The fourth-order valence-corrected chi connectivity index (χ4v) is 1.46. The molecule has 0 amide bonds. The van der Waals surface area contributed by atoms with Gasteiger partial charge in [-0.3, -0.25) is 0 Å². The van der Waals surface area contributed by atoms with Crippen LogP contribution in [0.3, 0.4) is 0 Å². The van der Waals surface area contributed by atoms with E-state index in [1.165, 1.54) is 0 Å². The summed E-state index contributed by atoms with van der Waals surface area (Å²) in [5.41, 5.74) is 6.33. The average Bonchev–Trinajstić information content (AvgIpc) is 2.17. The second-order valence-corrected chi connectivity index (χ2v) is 3.20. The van der Waals surface area contributed by atoms with Crippen LogP contribution in [0.4, 0.5) is 0 Å². The fraction of sp³-hybridized carbons (Fsp3) is 0.750. The molecule has 0 radical (unpaired) electrons. The average molecular weight is 170 g/mol. The number of nitrogens with zero attached hydrogens (tertiary/aromatic N) is 1.